The zero-order chi connectivity index (χ0) is 14.7. The largest absolute Gasteiger partial charge is 0.399 e. The number of hydrogen-bond donors (Lipinski definition) is 2. The first-order valence-electron chi connectivity index (χ1n) is 6.06. The van der Waals surface area contributed by atoms with Crippen molar-refractivity contribution in [3.05, 3.63) is 24.5 Å². The molecule has 108 valence electrons. The lowest BCUT2D eigenvalue weighted by atomic mass is 10.3. The van der Waals surface area contributed by atoms with Gasteiger partial charge in [0.05, 0.1) is 10.2 Å². The first-order chi connectivity index (χ1) is 10.2. The number of hydrogen-bond acceptors (Lipinski definition) is 8. The van der Waals surface area contributed by atoms with Gasteiger partial charge in [-0.15, -0.1) is 0 Å². The maximum Gasteiger partial charge on any atom is 0.226 e. The Morgan fingerprint density at radius 2 is 2.33 bits per heavy atom. The second-order valence-electron chi connectivity index (χ2n) is 4.10. The van der Waals surface area contributed by atoms with E-state index in [0.29, 0.717) is 23.0 Å². The van der Waals surface area contributed by atoms with E-state index in [-0.39, 0.29) is 5.91 Å². The molecule has 1 amide bonds. The normalized spacial score (nSPS) is 10.9. The number of rotatable bonds is 5. The molecule has 21 heavy (non-hydrogen) atoms. The highest BCUT2D eigenvalue weighted by Gasteiger charge is 2.08. The van der Waals surface area contributed by atoms with Crippen molar-refractivity contribution in [2.45, 2.75) is 10.8 Å². The zero-order valence-corrected chi connectivity index (χ0v) is 13.2. The number of nitrogen functional groups attached to an aromatic ring is 1. The van der Waals surface area contributed by atoms with Gasteiger partial charge in [-0.1, -0.05) is 23.1 Å². The summed E-state index contributed by atoms with van der Waals surface area (Å²) in [5, 5.41) is 3.41. The minimum absolute atomic E-state index is 0.0564. The number of nitrogens with zero attached hydrogens (tertiary/aromatic N) is 3. The summed E-state index contributed by atoms with van der Waals surface area (Å²) in [6, 6.07) is 5.50. The van der Waals surface area contributed by atoms with E-state index in [2.05, 4.69) is 19.7 Å². The fourth-order valence-corrected chi connectivity index (χ4v) is 4.02. The molecule has 0 saturated heterocycles. The van der Waals surface area contributed by atoms with Gasteiger partial charge in [0.1, 0.15) is 6.33 Å². The molecule has 3 N–H and O–H groups in total. The van der Waals surface area contributed by atoms with Crippen LogP contribution in [0, 0.1) is 0 Å². The second-order valence-corrected chi connectivity index (χ2v) is 7.25. The first kappa shape index (κ1) is 14.2. The molecule has 0 aliphatic carbocycles. The molecule has 0 bridgehead atoms. The summed E-state index contributed by atoms with van der Waals surface area (Å²) in [6.45, 7) is 0. The number of fused-ring (bicyclic) bond motifs is 1. The molecule has 0 aliphatic heterocycles. The third-order valence-corrected chi connectivity index (χ3v) is 5.29. The van der Waals surface area contributed by atoms with E-state index in [1.54, 1.807) is 6.07 Å². The van der Waals surface area contributed by atoms with E-state index in [1.165, 1.54) is 41.0 Å². The third kappa shape index (κ3) is 3.69. The average molecular weight is 337 g/mol. The zero-order valence-electron chi connectivity index (χ0n) is 10.8. The number of amides is 1. The molecule has 9 heteroatoms. The van der Waals surface area contributed by atoms with Crippen molar-refractivity contribution < 1.29 is 4.79 Å². The summed E-state index contributed by atoms with van der Waals surface area (Å²) < 4.78 is 5.75. The van der Waals surface area contributed by atoms with Crippen molar-refractivity contribution in [2.75, 3.05) is 16.8 Å². The predicted molar refractivity (Wildman–Crippen MR) is 87.9 cm³/mol. The highest BCUT2D eigenvalue weighted by molar-refractivity contribution is 8.00. The summed E-state index contributed by atoms with van der Waals surface area (Å²) >= 11 is 4.28. The molecule has 0 atom stereocenters. The van der Waals surface area contributed by atoms with E-state index >= 15 is 0 Å². The van der Waals surface area contributed by atoms with Gasteiger partial charge in [0.25, 0.3) is 0 Å². The number of nitrogens with one attached hydrogen (secondary N) is 1. The monoisotopic (exact) mass is 337 g/mol. The van der Waals surface area contributed by atoms with Crippen LogP contribution in [0.15, 0.2) is 28.9 Å². The molecule has 1 aromatic carbocycles. The lowest BCUT2D eigenvalue weighted by Gasteiger charge is -1.99. The minimum Gasteiger partial charge on any atom is -0.399 e. The van der Waals surface area contributed by atoms with E-state index in [1.807, 2.05) is 12.1 Å². The molecular formula is C12H11N5OS3. The van der Waals surface area contributed by atoms with Crippen LogP contribution in [0.3, 0.4) is 0 Å². The molecular weight excluding hydrogens is 326 g/mol. The summed E-state index contributed by atoms with van der Waals surface area (Å²) in [7, 11) is 0. The Morgan fingerprint density at radius 1 is 1.43 bits per heavy atom. The Labute approximate surface area is 133 Å². The molecule has 0 fully saturated rings. The van der Waals surface area contributed by atoms with Gasteiger partial charge in [0, 0.05) is 17.9 Å². The van der Waals surface area contributed by atoms with Gasteiger partial charge in [-0.2, -0.15) is 4.37 Å². The van der Waals surface area contributed by atoms with E-state index in [4.69, 9.17) is 5.73 Å². The van der Waals surface area contributed by atoms with Crippen LogP contribution in [0.1, 0.15) is 6.42 Å². The molecule has 0 unspecified atom stereocenters. The van der Waals surface area contributed by atoms with Crippen molar-refractivity contribution in [1.82, 2.24) is 14.3 Å². The summed E-state index contributed by atoms with van der Waals surface area (Å²) in [6.07, 6.45) is 1.92. The van der Waals surface area contributed by atoms with Crippen LogP contribution < -0.4 is 11.1 Å². The number of carbonyl (C=O) groups is 1. The average Bonchev–Trinajstić information content (AvgIpc) is 3.07. The van der Waals surface area contributed by atoms with Gasteiger partial charge in [-0.05, 0) is 29.7 Å². The Balaban J connectivity index is 1.55. The van der Waals surface area contributed by atoms with Crippen LogP contribution in [0.25, 0.3) is 10.2 Å². The van der Waals surface area contributed by atoms with Crippen molar-refractivity contribution >= 4 is 61.6 Å². The highest BCUT2D eigenvalue weighted by Crippen LogP contribution is 2.27. The summed E-state index contributed by atoms with van der Waals surface area (Å²) in [4.78, 5) is 20.3. The van der Waals surface area contributed by atoms with E-state index < -0.39 is 0 Å². The number of carbonyl (C=O) groups excluding carboxylic acids is 1. The topological polar surface area (TPSA) is 93.8 Å². The fraction of sp³-hybridized carbons (Fsp3) is 0.167. The van der Waals surface area contributed by atoms with Gasteiger partial charge in [-0.3, -0.25) is 4.79 Å². The van der Waals surface area contributed by atoms with Crippen LogP contribution in [-0.4, -0.2) is 26.0 Å². The number of thioether (sulfide) groups is 1. The Morgan fingerprint density at radius 3 is 3.14 bits per heavy atom. The Hall–Kier alpha value is -1.71. The fourth-order valence-electron chi connectivity index (χ4n) is 1.63. The number of nitrogens with two attached hydrogens (primary N) is 1. The smallest absolute Gasteiger partial charge is 0.226 e. The molecule has 0 aliphatic rings. The number of anilines is 2. The minimum atomic E-state index is -0.0564. The predicted octanol–water partition coefficient (Wildman–Crippen LogP) is 2.85. The quantitative estimate of drug-likeness (QED) is 0.549. The number of aromatic nitrogens is 3. The van der Waals surface area contributed by atoms with Gasteiger partial charge >= 0.3 is 0 Å². The van der Waals surface area contributed by atoms with Crippen LogP contribution in [0.4, 0.5) is 10.8 Å². The molecule has 0 spiro atoms. The molecule has 2 heterocycles. The molecule has 6 nitrogen and oxygen atoms in total. The SMILES string of the molecule is Nc1ccc2nc(NC(=O)CCSc3ncns3)sc2c1. The van der Waals surface area contributed by atoms with Gasteiger partial charge in [0.15, 0.2) is 9.47 Å². The van der Waals surface area contributed by atoms with Crippen LogP contribution >= 0.6 is 34.6 Å². The summed E-state index contributed by atoms with van der Waals surface area (Å²) in [5.41, 5.74) is 7.26. The Kier molecular flexibility index (Phi) is 4.32. The maximum absolute atomic E-state index is 11.9. The second kappa shape index (κ2) is 6.37. The Bertz CT molecular complexity index is 755. The molecule has 2 aromatic heterocycles. The molecule has 0 saturated carbocycles. The first-order valence-corrected chi connectivity index (χ1v) is 8.63. The van der Waals surface area contributed by atoms with Crippen LogP contribution in [0.2, 0.25) is 0 Å². The molecule has 3 aromatic rings. The van der Waals surface area contributed by atoms with Crippen LogP contribution in [0.5, 0.6) is 0 Å². The van der Waals surface area contributed by atoms with Gasteiger partial charge in [0.2, 0.25) is 5.91 Å². The van der Waals surface area contributed by atoms with E-state index in [0.717, 1.165) is 14.6 Å². The highest BCUT2D eigenvalue weighted by atomic mass is 32.2. The van der Waals surface area contributed by atoms with E-state index in [9.17, 15) is 4.79 Å². The van der Waals surface area contributed by atoms with Gasteiger partial charge < -0.3 is 11.1 Å². The lowest BCUT2D eigenvalue weighted by molar-refractivity contribution is -0.115. The standard InChI is InChI=1S/C12H11N5OS3/c13-7-1-2-8-9(5-7)20-11(16-8)17-10(18)3-4-19-12-14-6-15-21-12/h1-2,5-6H,3-4,13H2,(H,16,17,18). The molecule has 3 rings (SSSR count). The van der Waals surface area contributed by atoms with Crippen molar-refractivity contribution in [1.29, 1.82) is 0 Å². The lowest BCUT2D eigenvalue weighted by Crippen LogP contribution is -2.11. The van der Waals surface area contributed by atoms with Crippen LogP contribution in [-0.2, 0) is 4.79 Å². The maximum atomic E-state index is 11.9. The molecule has 0 radical (unpaired) electrons. The van der Waals surface area contributed by atoms with Crippen molar-refractivity contribution in [2.24, 2.45) is 0 Å². The van der Waals surface area contributed by atoms with Crippen molar-refractivity contribution in [3.8, 4) is 0 Å². The number of benzene rings is 1. The van der Waals surface area contributed by atoms with Gasteiger partial charge in [-0.25, -0.2) is 9.97 Å². The van der Waals surface area contributed by atoms with Crippen molar-refractivity contribution in [3.63, 3.8) is 0 Å². The third-order valence-electron chi connectivity index (χ3n) is 2.55. The summed E-state index contributed by atoms with van der Waals surface area (Å²) in [5.74, 6) is 0.609. The number of thiazole rings is 1.